The largest absolute Gasteiger partial charge is 0.459 e. The summed E-state index contributed by atoms with van der Waals surface area (Å²) in [4.78, 5) is 24.9. The molecule has 0 radical (unpaired) electrons. The number of carbonyl (C=O) groups excluding carboxylic acids is 2. The molecule has 0 saturated heterocycles. The van der Waals surface area contributed by atoms with Gasteiger partial charge in [-0.1, -0.05) is 41.4 Å². The predicted octanol–water partition coefficient (Wildman–Crippen LogP) is 4.73. The van der Waals surface area contributed by atoms with Crippen molar-refractivity contribution in [3.05, 3.63) is 69.5 Å². The third kappa shape index (κ3) is 6.41. The van der Waals surface area contributed by atoms with E-state index < -0.39 is 23.7 Å². The summed E-state index contributed by atoms with van der Waals surface area (Å²) in [6, 6.07) is 9.63. The second kappa shape index (κ2) is 10.5. The minimum absolute atomic E-state index is 0.184. The van der Waals surface area contributed by atoms with Crippen LogP contribution in [0.2, 0.25) is 10.0 Å². The van der Waals surface area contributed by atoms with Crippen LogP contribution in [0, 0.1) is 5.82 Å². The van der Waals surface area contributed by atoms with Gasteiger partial charge in [0.25, 0.3) is 5.91 Å². The zero-order chi connectivity index (χ0) is 19.8. The highest BCUT2D eigenvalue weighted by molar-refractivity contribution is 7.98. The summed E-state index contributed by atoms with van der Waals surface area (Å²) in [6.07, 6.45) is 2.26. The molecule has 144 valence electrons. The average Bonchev–Trinajstić information content (AvgIpc) is 2.64. The Labute approximate surface area is 171 Å². The number of nitrogens with one attached hydrogen (secondary N) is 1. The molecule has 0 bridgehead atoms. The number of esters is 1. The first kappa shape index (κ1) is 21.5. The van der Waals surface area contributed by atoms with Crippen molar-refractivity contribution < 1.29 is 18.7 Å². The first-order chi connectivity index (χ1) is 12.9. The fraction of sp³-hybridized carbons (Fsp3) is 0.263. The van der Waals surface area contributed by atoms with Gasteiger partial charge < -0.3 is 10.1 Å². The highest BCUT2D eigenvalue weighted by atomic mass is 35.5. The monoisotopic (exact) mass is 429 g/mol. The number of rotatable bonds is 8. The summed E-state index contributed by atoms with van der Waals surface area (Å²) in [7, 11) is 0. The quantitative estimate of drug-likeness (QED) is 0.616. The summed E-state index contributed by atoms with van der Waals surface area (Å²) >= 11 is 13.4. The van der Waals surface area contributed by atoms with E-state index in [2.05, 4.69) is 5.32 Å². The van der Waals surface area contributed by atoms with Gasteiger partial charge in [0.15, 0.2) is 0 Å². The number of halogens is 3. The number of carbonyl (C=O) groups is 2. The molecule has 0 fully saturated rings. The van der Waals surface area contributed by atoms with Gasteiger partial charge >= 0.3 is 5.97 Å². The number of amides is 1. The first-order valence-electron chi connectivity index (χ1n) is 8.07. The van der Waals surface area contributed by atoms with Crippen LogP contribution in [0.25, 0.3) is 0 Å². The summed E-state index contributed by atoms with van der Waals surface area (Å²) in [6.45, 7) is -0.209. The lowest BCUT2D eigenvalue weighted by atomic mass is 10.1. The molecule has 0 aliphatic heterocycles. The molecule has 0 spiro atoms. The number of hydrogen-bond donors (Lipinski definition) is 1. The van der Waals surface area contributed by atoms with Crippen LogP contribution in [0.4, 0.5) is 4.39 Å². The molecule has 8 heteroatoms. The molecule has 2 rings (SSSR count). The van der Waals surface area contributed by atoms with Gasteiger partial charge in [-0.05, 0) is 42.7 Å². The zero-order valence-corrected chi connectivity index (χ0v) is 16.8. The van der Waals surface area contributed by atoms with E-state index in [9.17, 15) is 14.0 Å². The molecule has 0 aliphatic carbocycles. The SMILES string of the molecule is CSCCC(NC(=O)c1ccc(Cl)cc1Cl)C(=O)OCc1ccccc1F. The molecule has 1 atom stereocenters. The molecule has 2 aromatic rings. The zero-order valence-electron chi connectivity index (χ0n) is 14.5. The number of benzene rings is 2. The van der Waals surface area contributed by atoms with Crippen LogP contribution in [-0.4, -0.2) is 29.9 Å². The Hall–Kier alpha value is -1.76. The Morgan fingerprint density at radius 2 is 1.96 bits per heavy atom. The van der Waals surface area contributed by atoms with E-state index in [4.69, 9.17) is 27.9 Å². The Morgan fingerprint density at radius 3 is 2.63 bits per heavy atom. The van der Waals surface area contributed by atoms with Crippen molar-refractivity contribution in [2.24, 2.45) is 0 Å². The smallest absolute Gasteiger partial charge is 0.329 e. The summed E-state index contributed by atoms with van der Waals surface area (Å²) < 4.78 is 18.9. The molecule has 0 aromatic heterocycles. The molecule has 27 heavy (non-hydrogen) atoms. The maximum atomic E-state index is 13.7. The fourth-order valence-electron chi connectivity index (χ4n) is 2.26. The normalized spacial score (nSPS) is 11.7. The van der Waals surface area contributed by atoms with E-state index in [1.54, 1.807) is 12.1 Å². The lowest BCUT2D eigenvalue weighted by Gasteiger charge is -2.18. The van der Waals surface area contributed by atoms with Crippen molar-refractivity contribution in [3.63, 3.8) is 0 Å². The fourth-order valence-corrected chi connectivity index (χ4v) is 3.22. The maximum Gasteiger partial charge on any atom is 0.329 e. The molecule has 1 amide bonds. The van der Waals surface area contributed by atoms with Gasteiger partial charge in [-0.25, -0.2) is 9.18 Å². The van der Waals surface area contributed by atoms with Crippen LogP contribution in [0.5, 0.6) is 0 Å². The number of thioether (sulfide) groups is 1. The van der Waals surface area contributed by atoms with Gasteiger partial charge in [0.2, 0.25) is 0 Å². The third-order valence-electron chi connectivity index (χ3n) is 3.70. The van der Waals surface area contributed by atoms with Gasteiger partial charge in [0, 0.05) is 10.6 Å². The molecule has 2 aromatic carbocycles. The lowest BCUT2D eigenvalue weighted by Crippen LogP contribution is -2.42. The van der Waals surface area contributed by atoms with Crippen LogP contribution in [-0.2, 0) is 16.1 Å². The van der Waals surface area contributed by atoms with Crippen LogP contribution in [0.1, 0.15) is 22.3 Å². The van der Waals surface area contributed by atoms with E-state index in [0.29, 0.717) is 17.2 Å². The Morgan fingerprint density at radius 1 is 1.22 bits per heavy atom. The summed E-state index contributed by atoms with van der Waals surface area (Å²) in [5.74, 6) is -0.965. The van der Waals surface area contributed by atoms with Crippen molar-refractivity contribution >= 4 is 46.8 Å². The molecule has 1 unspecified atom stereocenters. The van der Waals surface area contributed by atoms with Gasteiger partial charge in [-0.15, -0.1) is 0 Å². The Balaban J connectivity index is 2.05. The van der Waals surface area contributed by atoms with Gasteiger partial charge in [-0.2, -0.15) is 11.8 Å². The Bertz CT molecular complexity index is 819. The lowest BCUT2D eigenvalue weighted by molar-refractivity contribution is -0.147. The van der Waals surface area contributed by atoms with E-state index in [-0.39, 0.29) is 22.8 Å². The molecule has 1 N–H and O–H groups in total. The van der Waals surface area contributed by atoms with Crippen LogP contribution in [0.15, 0.2) is 42.5 Å². The summed E-state index contributed by atoms with van der Waals surface area (Å²) in [5.41, 5.74) is 0.471. The molecule has 0 saturated carbocycles. The van der Waals surface area contributed by atoms with E-state index in [0.717, 1.165) is 0 Å². The van der Waals surface area contributed by atoms with Crippen molar-refractivity contribution in [1.82, 2.24) is 5.32 Å². The van der Waals surface area contributed by atoms with Crippen LogP contribution >= 0.6 is 35.0 Å². The number of hydrogen-bond acceptors (Lipinski definition) is 4. The second-order valence-electron chi connectivity index (χ2n) is 5.63. The standard InChI is InChI=1S/C19H18Cl2FNO3S/c1-27-9-8-17(19(25)26-11-12-4-2-3-5-16(12)22)23-18(24)14-7-6-13(20)10-15(14)21/h2-7,10,17H,8-9,11H2,1H3,(H,23,24). The number of ether oxygens (including phenoxy) is 1. The van der Waals surface area contributed by atoms with Crippen molar-refractivity contribution in [2.75, 3.05) is 12.0 Å². The minimum Gasteiger partial charge on any atom is -0.459 e. The van der Waals surface area contributed by atoms with E-state index >= 15 is 0 Å². The molecule has 0 aliphatic rings. The van der Waals surface area contributed by atoms with Crippen LogP contribution < -0.4 is 5.32 Å². The van der Waals surface area contributed by atoms with E-state index in [1.165, 1.54) is 42.1 Å². The molecule has 4 nitrogen and oxygen atoms in total. The van der Waals surface area contributed by atoms with Gasteiger partial charge in [0.05, 0.1) is 10.6 Å². The molecular weight excluding hydrogens is 412 g/mol. The highest BCUT2D eigenvalue weighted by Crippen LogP contribution is 2.21. The van der Waals surface area contributed by atoms with E-state index in [1.807, 2.05) is 6.26 Å². The highest BCUT2D eigenvalue weighted by Gasteiger charge is 2.24. The van der Waals surface area contributed by atoms with Gasteiger partial charge in [0.1, 0.15) is 18.5 Å². The topological polar surface area (TPSA) is 55.4 Å². The van der Waals surface area contributed by atoms with Crippen molar-refractivity contribution in [3.8, 4) is 0 Å². The second-order valence-corrected chi connectivity index (χ2v) is 7.46. The Kier molecular flexibility index (Phi) is 8.41. The molecule has 0 heterocycles. The minimum atomic E-state index is -0.872. The maximum absolute atomic E-state index is 13.7. The third-order valence-corrected chi connectivity index (χ3v) is 4.90. The van der Waals surface area contributed by atoms with Crippen LogP contribution in [0.3, 0.4) is 0 Å². The summed E-state index contributed by atoms with van der Waals surface area (Å²) in [5, 5.41) is 3.22. The van der Waals surface area contributed by atoms with Crippen molar-refractivity contribution in [2.45, 2.75) is 19.1 Å². The molecular formula is C19H18Cl2FNO3S. The first-order valence-corrected chi connectivity index (χ1v) is 10.2. The van der Waals surface area contributed by atoms with Gasteiger partial charge in [-0.3, -0.25) is 4.79 Å². The van der Waals surface area contributed by atoms with Crippen molar-refractivity contribution in [1.29, 1.82) is 0 Å². The predicted molar refractivity (Wildman–Crippen MR) is 107 cm³/mol. The average molecular weight is 430 g/mol.